The molecule has 0 spiro atoms. The van der Waals surface area contributed by atoms with Gasteiger partial charge in [0.1, 0.15) is 5.78 Å². The Kier molecular flexibility index (Phi) is 3.14. The highest BCUT2D eigenvalue weighted by molar-refractivity contribution is 5.84. The fourth-order valence-electron chi connectivity index (χ4n) is 4.31. The van der Waals surface area contributed by atoms with Crippen molar-refractivity contribution in [3.63, 3.8) is 0 Å². The highest BCUT2D eigenvalue weighted by Gasteiger charge is 2.61. The van der Waals surface area contributed by atoms with E-state index in [0.717, 1.165) is 32.1 Å². The maximum Gasteiger partial charge on any atom is 0.139 e. The van der Waals surface area contributed by atoms with Crippen molar-refractivity contribution in [3.05, 3.63) is 0 Å². The number of rotatable bonds is 2. The Morgan fingerprint density at radius 2 is 1.94 bits per heavy atom. The quantitative estimate of drug-likeness (QED) is 0.802. The minimum absolute atomic E-state index is 0.0720. The van der Waals surface area contributed by atoms with Crippen LogP contribution in [0.3, 0.4) is 0 Å². The Balaban J connectivity index is 2.35. The molecule has 0 radical (unpaired) electrons. The van der Waals surface area contributed by atoms with Gasteiger partial charge in [0, 0.05) is 17.3 Å². The van der Waals surface area contributed by atoms with Crippen LogP contribution in [-0.4, -0.2) is 16.5 Å². The van der Waals surface area contributed by atoms with Crippen LogP contribution in [0, 0.1) is 23.2 Å². The lowest BCUT2D eigenvalue weighted by Gasteiger charge is -2.51. The van der Waals surface area contributed by atoms with E-state index < -0.39 is 5.60 Å². The van der Waals surface area contributed by atoms with Crippen LogP contribution in [0.2, 0.25) is 0 Å². The molecule has 2 saturated carbocycles. The Morgan fingerprint density at radius 3 is 2.53 bits per heavy atom. The molecule has 4 atom stereocenters. The summed E-state index contributed by atoms with van der Waals surface area (Å²) in [5.41, 5.74) is -0.771. The van der Waals surface area contributed by atoms with Gasteiger partial charge in [0.25, 0.3) is 0 Å². The molecule has 0 amide bonds. The Morgan fingerprint density at radius 1 is 1.29 bits per heavy atom. The molecule has 0 heterocycles. The molecule has 0 aromatic carbocycles. The Labute approximate surface area is 105 Å². The first kappa shape index (κ1) is 13.1. The summed E-state index contributed by atoms with van der Waals surface area (Å²) in [5.74, 6) is 0.977. The van der Waals surface area contributed by atoms with E-state index in [1.165, 1.54) is 0 Å². The van der Waals surface area contributed by atoms with E-state index in [4.69, 9.17) is 0 Å². The van der Waals surface area contributed by atoms with Crippen molar-refractivity contribution in [2.24, 2.45) is 23.2 Å². The molecule has 2 fully saturated rings. The highest BCUT2D eigenvalue weighted by Crippen LogP contribution is 2.60. The first-order valence-corrected chi connectivity index (χ1v) is 7.09. The van der Waals surface area contributed by atoms with Crippen molar-refractivity contribution in [3.8, 4) is 0 Å². The first-order chi connectivity index (χ1) is 7.83. The standard InChI is InChI=1S/C15H26O2/c1-10(2)13(16)12-7-9-15(17)8-5-6-11(3)14(12,15)4/h10-12,17H,5-9H2,1-4H3. The average molecular weight is 238 g/mol. The van der Waals surface area contributed by atoms with Crippen LogP contribution in [0.1, 0.15) is 59.8 Å². The highest BCUT2D eigenvalue weighted by atomic mass is 16.3. The molecular weight excluding hydrogens is 212 g/mol. The van der Waals surface area contributed by atoms with Crippen LogP contribution in [0.15, 0.2) is 0 Å². The summed E-state index contributed by atoms with van der Waals surface area (Å²) in [5, 5.41) is 10.9. The number of ketones is 1. The summed E-state index contributed by atoms with van der Waals surface area (Å²) in [6.07, 6.45) is 4.84. The van der Waals surface area contributed by atoms with E-state index in [1.807, 2.05) is 13.8 Å². The largest absolute Gasteiger partial charge is 0.389 e. The van der Waals surface area contributed by atoms with Crippen molar-refractivity contribution in [1.82, 2.24) is 0 Å². The van der Waals surface area contributed by atoms with Crippen LogP contribution >= 0.6 is 0 Å². The smallest absolute Gasteiger partial charge is 0.139 e. The molecule has 2 rings (SSSR count). The monoisotopic (exact) mass is 238 g/mol. The number of Topliss-reactive ketones (excluding diaryl/α,β-unsaturated/α-hetero) is 1. The number of aliphatic hydroxyl groups is 1. The normalized spacial score (nSPS) is 46.0. The Bertz CT molecular complexity index is 323. The SMILES string of the molecule is CC(C)C(=O)C1CCC2(O)CCCC(C)C12C. The molecule has 4 unspecified atom stereocenters. The molecule has 98 valence electrons. The zero-order chi connectivity index (χ0) is 12.8. The van der Waals surface area contributed by atoms with Gasteiger partial charge < -0.3 is 5.11 Å². The lowest BCUT2D eigenvalue weighted by Crippen LogP contribution is -2.53. The number of fused-ring (bicyclic) bond motifs is 1. The van der Waals surface area contributed by atoms with Gasteiger partial charge in [-0.15, -0.1) is 0 Å². The van der Waals surface area contributed by atoms with Gasteiger partial charge in [0.05, 0.1) is 5.60 Å². The van der Waals surface area contributed by atoms with E-state index in [-0.39, 0.29) is 17.3 Å². The second-order valence-corrected chi connectivity index (χ2v) is 6.76. The maximum absolute atomic E-state index is 12.4. The fourth-order valence-corrected chi connectivity index (χ4v) is 4.31. The van der Waals surface area contributed by atoms with Crippen molar-refractivity contribution >= 4 is 5.78 Å². The molecule has 2 heteroatoms. The summed E-state index contributed by atoms with van der Waals surface area (Å²) in [6, 6.07) is 0. The van der Waals surface area contributed by atoms with Crippen LogP contribution in [0.25, 0.3) is 0 Å². The molecule has 0 aromatic heterocycles. The zero-order valence-electron chi connectivity index (χ0n) is 11.6. The summed E-state index contributed by atoms with van der Waals surface area (Å²) in [7, 11) is 0. The predicted molar refractivity (Wildman–Crippen MR) is 68.6 cm³/mol. The third kappa shape index (κ3) is 1.68. The van der Waals surface area contributed by atoms with Gasteiger partial charge in [-0.2, -0.15) is 0 Å². The number of hydrogen-bond acceptors (Lipinski definition) is 2. The lowest BCUT2D eigenvalue weighted by molar-refractivity contribution is -0.150. The summed E-state index contributed by atoms with van der Waals surface area (Å²) >= 11 is 0. The van der Waals surface area contributed by atoms with E-state index in [9.17, 15) is 9.90 Å². The molecule has 0 bridgehead atoms. The summed E-state index contributed by atoms with van der Waals surface area (Å²) < 4.78 is 0. The van der Waals surface area contributed by atoms with Gasteiger partial charge in [0.15, 0.2) is 0 Å². The second-order valence-electron chi connectivity index (χ2n) is 6.76. The minimum atomic E-state index is -0.583. The van der Waals surface area contributed by atoms with Crippen molar-refractivity contribution < 1.29 is 9.90 Å². The molecule has 0 aliphatic heterocycles. The molecule has 1 N–H and O–H groups in total. The van der Waals surface area contributed by atoms with Crippen LogP contribution < -0.4 is 0 Å². The van der Waals surface area contributed by atoms with Crippen molar-refractivity contribution in [2.75, 3.05) is 0 Å². The third-order valence-corrected chi connectivity index (χ3v) is 5.74. The van der Waals surface area contributed by atoms with Gasteiger partial charge in [-0.05, 0) is 31.6 Å². The van der Waals surface area contributed by atoms with Crippen LogP contribution in [0.4, 0.5) is 0 Å². The molecule has 2 nitrogen and oxygen atoms in total. The fraction of sp³-hybridized carbons (Fsp3) is 0.933. The van der Waals surface area contributed by atoms with Crippen molar-refractivity contribution in [2.45, 2.75) is 65.4 Å². The molecule has 2 aliphatic carbocycles. The molecule has 17 heavy (non-hydrogen) atoms. The van der Waals surface area contributed by atoms with E-state index in [1.54, 1.807) is 0 Å². The molecule has 0 saturated heterocycles. The van der Waals surface area contributed by atoms with Crippen LogP contribution in [-0.2, 0) is 4.79 Å². The number of hydrogen-bond donors (Lipinski definition) is 1. The van der Waals surface area contributed by atoms with Crippen molar-refractivity contribution in [1.29, 1.82) is 0 Å². The van der Waals surface area contributed by atoms with Crippen LogP contribution in [0.5, 0.6) is 0 Å². The topological polar surface area (TPSA) is 37.3 Å². The third-order valence-electron chi connectivity index (χ3n) is 5.74. The average Bonchev–Trinajstić information content (AvgIpc) is 2.53. The number of carbonyl (C=O) groups excluding carboxylic acids is 1. The maximum atomic E-state index is 12.4. The van der Waals surface area contributed by atoms with Gasteiger partial charge in [-0.25, -0.2) is 0 Å². The van der Waals surface area contributed by atoms with Gasteiger partial charge in [-0.3, -0.25) is 4.79 Å². The predicted octanol–water partition coefficient (Wildman–Crippen LogP) is 3.18. The van der Waals surface area contributed by atoms with E-state index in [2.05, 4.69) is 13.8 Å². The summed E-state index contributed by atoms with van der Waals surface area (Å²) in [6.45, 7) is 8.35. The van der Waals surface area contributed by atoms with Gasteiger partial charge in [0.2, 0.25) is 0 Å². The first-order valence-electron chi connectivity index (χ1n) is 7.09. The molecular formula is C15H26O2. The van der Waals surface area contributed by atoms with Gasteiger partial charge >= 0.3 is 0 Å². The van der Waals surface area contributed by atoms with Gasteiger partial charge in [-0.1, -0.05) is 34.1 Å². The zero-order valence-corrected chi connectivity index (χ0v) is 11.6. The summed E-state index contributed by atoms with van der Waals surface area (Å²) in [4.78, 5) is 12.4. The number of carbonyl (C=O) groups is 1. The second kappa shape index (κ2) is 4.08. The minimum Gasteiger partial charge on any atom is -0.389 e. The van der Waals surface area contributed by atoms with E-state index >= 15 is 0 Å². The molecule has 0 aromatic rings. The Hall–Kier alpha value is -0.370. The van der Waals surface area contributed by atoms with E-state index in [0.29, 0.717) is 11.7 Å². The lowest BCUT2D eigenvalue weighted by atomic mass is 9.56. The molecule has 2 aliphatic rings.